The third-order valence-corrected chi connectivity index (χ3v) is 4.19. The van der Waals surface area contributed by atoms with E-state index in [-0.39, 0.29) is 24.4 Å². The highest BCUT2D eigenvalue weighted by atomic mass is 35.5. The molecule has 1 fully saturated rings. The van der Waals surface area contributed by atoms with Crippen molar-refractivity contribution < 1.29 is 14.1 Å². The van der Waals surface area contributed by atoms with Crippen molar-refractivity contribution in [1.29, 1.82) is 0 Å². The molecule has 1 aliphatic rings. The smallest absolute Gasteiger partial charge is 0.227 e. The lowest BCUT2D eigenvalue weighted by Crippen LogP contribution is -2.52. The van der Waals surface area contributed by atoms with Gasteiger partial charge >= 0.3 is 0 Å². The van der Waals surface area contributed by atoms with E-state index in [1.807, 2.05) is 29.2 Å². The van der Waals surface area contributed by atoms with Crippen LogP contribution in [-0.2, 0) is 11.2 Å². The second-order valence-corrected chi connectivity index (χ2v) is 5.88. The SMILES string of the molecule is COc1ccc(-c2noc(CCC(=O)N3CCNC[C@@H]3C)n2)cc1.Cl. The summed E-state index contributed by atoms with van der Waals surface area (Å²) in [5, 5.41) is 7.26. The number of hydrogen-bond acceptors (Lipinski definition) is 6. The standard InChI is InChI=1S/C17H22N4O3.ClH/c1-12-11-18-9-10-21(12)16(22)8-7-15-19-17(20-24-15)13-3-5-14(23-2)6-4-13;/h3-6,12,18H,7-11H2,1-2H3;1H/t12-;/m0./s1. The quantitative estimate of drug-likeness (QED) is 0.870. The van der Waals surface area contributed by atoms with Crippen LogP contribution >= 0.6 is 12.4 Å². The molecule has 1 aliphatic heterocycles. The van der Waals surface area contributed by atoms with Crippen LogP contribution in [0.2, 0.25) is 0 Å². The van der Waals surface area contributed by atoms with Gasteiger partial charge in [0.2, 0.25) is 17.6 Å². The molecule has 0 bridgehead atoms. The average molecular weight is 367 g/mol. The highest BCUT2D eigenvalue weighted by molar-refractivity contribution is 5.85. The lowest BCUT2D eigenvalue weighted by Gasteiger charge is -2.34. The van der Waals surface area contributed by atoms with Crippen LogP contribution in [0.4, 0.5) is 0 Å². The van der Waals surface area contributed by atoms with E-state index in [0.717, 1.165) is 30.9 Å². The van der Waals surface area contributed by atoms with Gasteiger partial charge in [0.15, 0.2) is 0 Å². The van der Waals surface area contributed by atoms with Crippen molar-refractivity contribution in [2.75, 3.05) is 26.7 Å². The van der Waals surface area contributed by atoms with Crippen LogP contribution in [0.5, 0.6) is 5.75 Å². The summed E-state index contributed by atoms with van der Waals surface area (Å²) in [6.07, 6.45) is 0.840. The van der Waals surface area contributed by atoms with E-state index in [4.69, 9.17) is 9.26 Å². The number of aryl methyl sites for hydroxylation is 1. The Bertz CT molecular complexity index is 689. The molecule has 0 unspecified atom stereocenters. The number of carbonyl (C=O) groups excluding carboxylic acids is 1. The van der Waals surface area contributed by atoms with Crippen molar-refractivity contribution in [3.63, 3.8) is 0 Å². The summed E-state index contributed by atoms with van der Waals surface area (Å²) in [7, 11) is 1.62. The Kier molecular flexibility index (Phi) is 6.78. The lowest BCUT2D eigenvalue weighted by atomic mass is 10.2. The van der Waals surface area contributed by atoms with Crippen LogP contribution in [0, 0.1) is 0 Å². The van der Waals surface area contributed by atoms with Crippen molar-refractivity contribution in [3.8, 4) is 17.1 Å². The summed E-state index contributed by atoms with van der Waals surface area (Å²) in [4.78, 5) is 18.6. The molecule has 1 aromatic carbocycles. The summed E-state index contributed by atoms with van der Waals surface area (Å²) in [5.41, 5.74) is 0.854. The normalized spacial score (nSPS) is 17.0. The first-order valence-electron chi connectivity index (χ1n) is 8.14. The Morgan fingerprint density at radius 1 is 1.40 bits per heavy atom. The van der Waals surface area contributed by atoms with Crippen molar-refractivity contribution in [2.45, 2.75) is 25.8 Å². The van der Waals surface area contributed by atoms with Crippen LogP contribution in [-0.4, -0.2) is 53.7 Å². The first-order valence-corrected chi connectivity index (χ1v) is 8.14. The fourth-order valence-corrected chi connectivity index (χ4v) is 2.78. The number of ether oxygens (including phenoxy) is 1. The molecule has 1 N–H and O–H groups in total. The number of methoxy groups -OCH3 is 1. The van der Waals surface area contributed by atoms with Gasteiger partial charge in [0.25, 0.3) is 0 Å². The summed E-state index contributed by atoms with van der Waals surface area (Å²) in [6, 6.07) is 7.67. The van der Waals surface area contributed by atoms with Gasteiger partial charge in [-0.2, -0.15) is 4.98 Å². The number of rotatable bonds is 5. The molecule has 0 spiro atoms. The minimum atomic E-state index is 0. The Labute approximate surface area is 153 Å². The molecule has 0 saturated carbocycles. The maximum atomic E-state index is 12.3. The molecular formula is C17H23ClN4O3. The molecule has 1 amide bonds. The Hall–Kier alpha value is -2.12. The number of aromatic nitrogens is 2. The van der Waals surface area contributed by atoms with Gasteiger partial charge in [-0.3, -0.25) is 4.79 Å². The fourth-order valence-electron chi connectivity index (χ4n) is 2.78. The maximum Gasteiger partial charge on any atom is 0.227 e. The minimum absolute atomic E-state index is 0. The number of amides is 1. The molecule has 3 rings (SSSR count). The van der Waals surface area contributed by atoms with Gasteiger partial charge in [0.1, 0.15) is 5.75 Å². The Morgan fingerprint density at radius 2 is 2.16 bits per heavy atom. The Balaban J connectivity index is 0.00000225. The van der Waals surface area contributed by atoms with Crippen LogP contribution in [0.1, 0.15) is 19.2 Å². The minimum Gasteiger partial charge on any atom is -0.497 e. The topological polar surface area (TPSA) is 80.5 Å². The summed E-state index contributed by atoms with van der Waals surface area (Å²) in [5.74, 6) is 1.92. The number of piperazine rings is 1. The van der Waals surface area contributed by atoms with Crippen molar-refractivity contribution in [2.24, 2.45) is 0 Å². The van der Waals surface area contributed by atoms with Gasteiger partial charge in [-0.25, -0.2) is 0 Å². The molecule has 25 heavy (non-hydrogen) atoms. The number of benzene rings is 1. The molecule has 2 aromatic rings. The Morgan fingerprint density at radius 3 is 2.84 bits per heavy atom. The van der Waals surface area contributed by atoms with Crippen molar-refractivity contribution in [3.05, 3.63) is 30.2 Å². The molecule has 1 aromatic heterocycles. The number of hydrogen-bond donors (Lipinski definition) is 1. The van der Waals surface area contributed by atoms with E-state index in [9.17, 15) is 4.79 Å². The number of carbonyl (C=O) groups is 1. The maximum absolute atomic E-state index is 12.3. The first kappa shape index (κ1) is 19.2. The number of halogens is 1. The zero-order valence-electron chi connectivity index (χ0n) is 14.4. The monoisotopic (exact) mass is 366 g/mol. The largest absolute Gasteiger partial charge is 0.497 e. The van der Waals surface area contributed by atoms with Crippen molar-refractivity contribution in [1.82, 2.24) is 20.4 Å². The van der Waals surface area contributed by atoms with Gasteiger partial charge in [0, 0.05) is 44.1 Å². The average Bonchev–Trinajstić information content (AvgIpc) is 3.09. The van der Waals surface area contributed by atoms with Crippen molar-refractivity contribution >= 4 is 18.3 Å². The van der Waals surface area contributed by atoms with Gasteiger partial charge in [-0.1, -0.05) is 5.16 Å². The van der Waals surface area contributed by atoms with E-state index < -0.39 is 0 Å². The van der Waals surface area contributed by atoms with E-state index >= 15 is 0 Å². The van der Waals surface area contributed by atoms with Crippen LogP contribution in [0.15, 0.2) is 28.8 Å². The zero-order chi connectivity index (χ0) is 16.9. The van der Waals surface area contributed by atoms with E-state index in [1.54, 1.807) is 7.11 Å². The second kappa shape index (κ2) is 8.82. The molecule has 136 valence electrons. The van der Waals surface area contributed by atoms with Gasteiger partial charge < -0.3 is 19.5 Å². The second-order valence-electron chi connectivity index (χ2n) is 5.88. The van der Waals surface area contributed by atoms with E-state index in [1.165, 1.54) is 0 Å². The fraction of sp³-hybridized carbons (Fsp3) is 0.471. The first-order chi connectivity index (χ1) is 11.7. The van der Waals surface area contributed by atoms with Gasteiger partial charge in [0.05, 0.1) is 7.11 Å². The predicted molar refractivity (Wildman–Crippen MR) is 95.9 cm³/mol. The molecular weight excluding hydrogens is 344 g/mol. The highest BCUT2D eigenvalue weighted by Gasteiger charge is 2.23. The summed E-state index contributed by atoms with van der Waals surface area (Å²) >= 11 is 0. The number of nitrogens with one attached hydrogen (secondary N) is 1. The third kappa shape index (κ3) is 4.70. The lowest BCUT2D eigenvalue weighted by molar-refractivity contribution is -0.134. The van der Waals surface area contributed by atoms with Gasteiger partial charge in [-0.05, 0) is 31.2 Å². The predicted octanol–water partition coefficient (Wildman–Crippen LogP) is 1.92. The van der Waals surface area contributed by atoms with Crippen LogP contribution in [0.3, 0.4) is 0 Å². The molecule has 0 aliphatic carbocycles. The molecule has 2 heterocycles. The zero-order valence-corrected chi connectivity index (χ0v) is 15.2. The highest BCUT2D eigenvalue weighted by Crippen LogP contribution is 2.20. The van der Waals surface area contributed by atoms with Crippen LogP contribution in [0.25, 0.3) is 11.4 Å². The molecule has 0 radical (unpaired) electrons. The summed E-state index contributed by atoms with van der Waals surface area (Å²) < 4.78 is 10.4. The van der Waals surface area contributed by atoms with Gasteiger partial charge in [-0.15, -0.1) is 12.4 Å². The molecule has 8 heteroatoms. The van der Waals surface area contributed by atoms with E-state index in [0.29, 0.717) is 24.6 Å². The molecule has 7 nitrogen and oxygen atoms in total. The molecule has 1 atom stereocenters. The summed E-state index contributed by atoms with van der Waals surface area (Å²) in [6.45, 7) is 4.49. The molecule has 1 saturated heterocycles. The third-order valence-electron chi connectivity index (χ3n) is 4.19. The van der Waals surface area contributed by atoms with Crippen LogP contribution < -0.4 is 10.1 Å². The van der Waals surface area contributed by atoms with E-state index in [2.05, 4.69) is 22.4 Å². The number of nitrogens with zero attached hydrogens (tertiary/aromatic N) is 3.